The van der Waals surface area contributed by atoms with Gasteiger partial charge in [-0.25, -0.2) is 0 Å². The van der Waals surface area contributed by atoms with E-state index in [2.05, 4.69) is 9.24 Å². The highest BCUT2D eigenvalue weighted by Gasteiger charge is 1.93. The Bertz CT molecular complexity index is 74.1. The summed E-state index contributed by atoms with van der Waals surface area (Å²) in [5, 5.41) is 0. The molecule has 42 valence electrons. The Hall–Kier alpha value is -0.100. The first-order valence-corrected chi connectivity index (χ1v) is 2.92. The summed E-state index contributed by atoms with van der Waals surface area (Å²) in [4.78, 5) is 11.9. The second kappa shape index (κ2) is 2.98. The van der Waals surface area contributed by atoms with Crippen LogP contribution in [0.5, 0.6) is 0 Å². The Morgan fingerprint density at radius 3 is 2.29 bits per heavy atom. The van der Waals surface area contributed by atoms with E-state index in [-0.39, 0.29) is 5.91 Å². The molecule has 0 N–H and O–H groups in total. The van der Waals surface area contributed by atoms with E-state index < -0.39 is 0 Å². The minimum Gasteiger partial charge on any atom is -0.342 e. The fourth-order valence-electron chi connectivity index (χ4n) is 0.129. The molecule has 1 amide bonds. The zero-order valence-corrected chi connectivity index (χ0v) is 5.79. The number of rotatable bonds is 1. The van der Waals surface area contributed by atoms with Gasteiger partial charge in [0.05, 0.1) is 0 Å². The Balaban J connectivity index is 3.34. The van der Waals surface area contributed by atoms with Gasteiger partial charge in [-0.05, 0) is 0 Å². The van der Waals surface area contributed by atoms with Crippen LogP contribution in [-0.4, -0.2) is 24.1 Å². The second-order valence-corrected chi connectivity index (χ2v) is 1.76. The quantitative estimate of drug-likeness (QED) is 0.454. The molecule has 0 heterocycles. The molecular weight excluding hydrogens is 109 g/mol. The molecule has 1 atom stereocenters. The average Bonchev–Trinajstić information content (AvgIpc) is 1.65. The van der Waals surface area contributed by atoms with E-state index in [1.165, 1.54) is 0 Å². The van der Waals surface area contributed by atoms with Gasteiger partial charge in [-0.2, -0.15) is 0 Å². The Morgan fingerprint density at radius 2 is 2.29 bits per heavy atom. The van der Waals surface area contributed by atoms with Gasteiger partial charge in [0.1, 0.15) is 0 Å². The monoisotopic (exact) mass is 119 g/mol. The predicted octanol–water partition coefficient (Wildman–Crippen LogP) is 0.297. The van der Waals surface area contributed by atoms with Crippen LogP contribution < -0.4 is 0 Å². The SMILES string of the molecule is CC(=O)N(C)CP. The molecule has 0 aliphatic rings. The average molecular weight is 119 g/mol. The maximum atomic E-state index is 10.3. The summed E-state index contributed by atoms with van der Waals surface area (Å²) in [7, 11) is 4.23. The number of amides is 1. The lowest BCUT2D eigenvalue weighted by molar-refractivity contribution is -0.126. The molecule has 0 aromatic carbocycles. The number of hydrogen-bond donors (Lipinski definition) is 0. The highest BCUT2D eigenvalue weighted by molar-refractivity contribution is 7.16. The molecule has 0 aliphatic carbocycles. The van der Waals surface area contributed by atoms with E-state index in [0.29, 0.717) is 0 Å². The Labute approximate surface area is 46.1 Å². The van der Waals surface area contributed by atoms with Crippen LogP contribution in [0.1, 0.15) is 6.92 Å². The molecule has 0 bridgehead atoms. The molecule has 0 fully saturated rings. The molecule has 0 saturated heterocycles. The van der Waals surface area contributed by atoms with Crippen molar-refractivity contribution in [2.24, 2.45) is 0 Å². The van der Waals surface area contributed by atoms with Gasteiger partial charge in [0.2, 0.25) is 5.91 Å². The van der Waals surface area contributed by atoms with Crippen LogP contribution in [0.25, 0.3) is 0 Å². The molecule has 0 aromatic rings. The summed E-state index contributed by atoms with van der Waals surface area (Å²) in [6.45, 7) is 1.55. The van der Waals surface area contributed by atoms with Crippen LogP contribution in [0.15, 0.2) is 0 Å². The van der Waals surface area contributed by atoms with E-state index in [4.69, 9.17) is 0 Å². The van der Waals surface area contributed by atoms with Gasteiger partial charge >= 0.3 is 0 Å². The summed E-state index contributed by atoms with van der Waals surface area (Å²) in [5.74, 6) is 0.106. The zero-order valence-electron chi connectivity index (χ0n) is 4.64. The van der Waals surface area contributed by atoms with Crippen molar-refractivity contribution >= 4 is 15.1 Å². The van der Waals surface area contributed by atoms with Gasteiger partial charge in [-0.3, -0.25) is 4.79 Å². The molecule has 1 unspecified atom stereocenters. The van der Waals surface area contributed by atoms with Crippen molar-refractivity contribution in [1.29, 1.82) is 0 Å². The molecule has 0 aromatic heterocycles. The molecule has 0 saturated carbocycles. The normalized spacial score (nSPS) is 8.43. The molecule has 3 heteroatoms. The summed E-state index contributed by atoms with van der Waals surface area (Å²) < 4.78 is 0. The first-order valence-electron chi connectivity index (χ1n) is 2.10. The number of nitrogens with zero attached hydrogens (tertiary/aromatic N) is 1. The van der Waals surface area contributed by atoms with Crippen molar-refractivity contribution in [3.05, 3.63) is 0 Å². The van der Waals surface area contributed by atoms with Crippen LogP contribution >= 0.6 is 9.24 Å². The number of carbonyl (C=O) groups excluding carboxylic acids is 1. The first-order chi connectivity index (χ1) is 3.18. The van der Waals surface area contributed by atoms with Crippen molar-refractivity contribution < 1.29 is 4.79 Å². The lowest BCUT2D eigenvalue weighted by atomic mass is 10.6. The first kappa shape index (κ1) is 6.90. The van der Waals surface area contributed by atoms with Crippen LogP contribution in [0, 0.1) is 0 Å². The second-order valence-electron chi connectivity index (χ2n) is 1.40. The minimum absolute atomic E-state index is 0.106. The lowest BCUT2D eigenvalue weighted by Gasteiger charge is -2.08. The topological polar surface area (TPSA) is 20.3 Å². The third-order valence-corrected chi connectivity index (χ3v) is 1.36. The third-order valence-electron chi connectivity index (χ3n) is 0.811. The van der Waals surface area contributed by atoms with Crippen LogP contribution in [0.2, 0.25) is 0 Å². The summed E-state index contributed by atoms with van der Waals surface area (Å²) >= 11 is 0. The maximum Gasteiger partial charge on any atom is 0.219 e. The van der Waals surface area contributed by atoms with Crippen LogP contribution in [-0.2, 0) is 4.79 Å². The van der Waals surface area contributed by atoms with Crippen LogP contribution in [0.4, 0.5) is 0 Å². The number of carbonyl (C=O) groups is 1. The molecular formula is C4H10NOP. The van der Waals surface area contributed by atoms with Crippen molar-refractivity contribution in [1.82, 2.24) is 4.90 Å². The van der Waals surface area contributed by atoms with E-state index in [9.17, 15) is 4.79 Å². The largest absolute Gasteiger partial charge is 0.342 e. The molecule has 2 nitrogen and oxygen atoms in total. The zero-order chi connectivity index (χ0) is 5.86. The predicted molar refractivity (Wildman–Crippen MR) is 33.0 cm³/mol. The summed E-state index contributed by atoms with van der Waals surface area (Å²) in [6, 6.07) is 0. The van der Waals surface area contributed by atoms with E-state index in [1.54, 1.807) is 18.9 Å². The summed E-state index contributed by atoms with van der Waals surface area (Å²) in [5.41, 5.74) is 0. The van der Waals surface area contributed by atoms with Crippen LogP contribution in [0.3, 0.4) is 0 Å². The Morgan fingerprint density at radius 1 is 1.86 bits per heavy atom. The van der Waals surface area contributed by atoms with Gasteiger partial charge in [0.25, 0.3) is 0 Å². The van der Waals surface area contributed by atoms with Gasteiger partial charge < -0.3 is 4.90 Å². The summed E-state index contributed by atoms with van der Waals surface area (Å²) in [6.07, 6.45) is 0.718. The third kappa shape index (κ3) is 2.58. The fourth-order valence-corrected chi connectivity index (χ4v) is 0.386. The Kier molecular flexibility index (Phi) is 2.93. The van der Waals surface area contributed by atoms with Crippen molar-refractivity contribution in [3.63, 3.8) is 0 Å². The van der Waals surface area contributed by atoms with E-state index in [0.717, 1.165) is 6.29 Å². The van der Waals surface area contributed by atoms with Gasteiger partial charge in [-0.1, -0.05) is 0 Å². The smallest absolute Gasteiger partial charge is 0.219 e. The van der Waals surface area contributed by atoms with E-state index >= 15 is 0 Å². The minimum atomic E-state index is 0.106. The fraction of sp³-hybridized carbons (Fsp3) is 0.750. The standard InChI is InChI=1S/C4H10NOP/c1-4(6)5(2)3-7/h3,7H2,1-2H3. The molecule has 0 aliphatic heterocycles. The number of hydrogen-bond acceptors (Lipinski definition) is 1. The van der Waals surface area contributed by atoms with Gasteiger partial charge in [0, 0.05) is 20.3 Å². The molecule has 0 rings (SSSR count). The lowest BCUT2D eigenvalue weighted by Crippen LogP contribution is -2.21. The van der Waals surface area contributed by atoms with E-state index in [1.807, 2.05) is 0 Å². The molecule has 7 heavy (non-hydrogen) atoms. The molecule has 0 radical (unpaired) electrons. The maximum absolute atomic E-state index is 10.3. The molecule has 0 spiro atoms. The van der Waals surface area contributed by atoms with Crippen molar-refractivity contribution in [3.8, 4) is 0 Å². The van der Waals surface area contributed by atoms with Crippen molar-refractivity contribution in [2.45, 2.75) is 6.92 Å². The highest BCUT2D eigenvalue weighted by Crippen LogP contribution is 1.87. The highest BCUT2D eigenvalue weighted by atomic mass is 31.0. The van der Waals surface area contributed by atoms with Gasteiger partial charge in [-0.15, -0.1) is 9.24 Å². The van der Waals surface area contributed by atoms with Gasteiger partial charge in [0.15, 0.2) is 0 Å². The van der Waals surface area contributed by atoms with Crippen molar-refractivity contribution in [2.75, 3.05) is 13.3 Å².